The predicted molar refractivity (Wildman–Crippen MR) is 93.6 cm³/mol. The van der Waals surface area contributed by atoms with E-state index in [4.69, 9.17) is 5.14 Å². The molecule has 2 heterocycles. The summed E-state index contributed by atoms with van der Waals surface area (Å²) in [5, 5.41) is 15.8. The Morgan fingerprint density at radius 2 is 1.64 bits per heavy atom. The van der Waals surface area contributed by atoms with Gasteiger partial charge in [-0.2, -0.15) is 0 Å². The summed E-state index contributed by atoms with van der Waals surface area (Å²) < 4.78 is 22.6. The summed E-state index contributed by atoms with van der Waals surface area (Å²) in [6.45, 7) is 3.76. The molecule has 7 nitrogen and oxygen atoms in total. The Kier molecular flexibility index (Phi) is 5.15. The van der Waals surface area contributed by atoms with Crippen LogP contribution in [0.4, 0.5) is 0 Å². The molecule has 3 rings (SSSR count). The Bertz CT molecular complexity index is 719. The van der Waals surface area contributed by atoms with E-state index in [1.165, 1.54) is 37.1 Å². The van der Waals surface area contributed by atoms with Gasteiger partial charge < -0.3 is 14.9 Å². The Balaban J connectivity index is 1.59. The van der Waals surface area contributed by atoms with E-state index in [1.54, 1.807) is 4.90 Å². The van der Waals surface area contributed by atoms with Crippen LogP contribution in [0.3, 0.4) is 0 Å². The maximum Gasteiger partial charge on any atom is 0.253 e. The fourth-order valence-corrected chi connectivity index (χ4v) is 4.13. The summed E-state index contributed by atoms with van der Waals surface area (Å²) in [4.78, 5) is 16.6. The average molecular weight is 367 g/mol. The van der Waals surface area contributed by atoms with Crippen LogP contribution in [0.2, 0.25) is 0 Å². The summed E-state index contributed by atoms with van der Waals surface area (Å²) in [5.74, 6) is -0.149. The van der Waals surface area contributed by atoms with Gasteiger partial charge in [-0.15, -0.1) is 0 Å². The number of piperidine rings is 1. The molecule has 138 valence electrons. The van der Waals surface area contributed by atoms with Crippen molar-refractivity contribution >= 4 is 15.9 Å². The van der Waals surface area contributed by atoms with Crippen LogP contribution in [-0.4, -0.2) is 67.6 Å². The molecule has 1 aromatic carbocycles. The third kappa shape index (κ3) is 4.38. The largest absolute Gasteiger partial charge is 0.388 e. The lowest BCUT2D eigenvalue weighted by molar-refractivity contribution is -0.0367. The number of carbonyl (C=O) groups excluding carboxylic acids is 1. The first-order chi connectivity index (χ1) is 11.8. The van der Waals surface area contributed by atoms with Gasteiger partial charge in [0.05, 0.1) is 10.5 Å². The summed E-state index contributed by atoms with van der Waals surface area (Å²) in [5.41, 5.74) is -0.295. The van der Waals surface area contributed by atoms with Crippen molar-refractivity contribution in [2.75, 3.05) is 32.7 Å². The number of hydrogen-bond donors (Lipinski definition) is 2. The molecule has 0 saturated carbocycles. The zero-order valence-electron chi connectivity index (χ0n) is 14.2. The van der Waals surface area contributed by atoms with Crippen LogP contribution >= 0.6 is 0 Å². The molecule has 1 aromatic rings. The second-order valence-electron chi connectivity index (χ2n) is 7.07. The van der Waals surface area contributed by atoms with Gasteiger partial charge in [-0.1, -0.05) is 0 Å². The predicted octanol–water partition coefficient (Wildman–Crippen LogP) is 0.397. The number of sulfonamides is 1. The summed E-state index contributed by atoms with van der Waals surface area (Å²) in [6, 6.07) is 5.65. The highest BCUT2D eigenvalue weighted by molar-refractivity contribution is 7.89. The molecule has 8 heteroatoms. The van der Waals surface area contributed by atoms with Gasteiger partial charge in [0.1, 0.15) is 0 Å². The van der Waals surface area contributed by atoms with Crippen LogP contribution in [0.1, 0.15) is 36.0 Å². The molecule has 2 aliphatic rings. The van der Waals surface area contributed by atoms with Crippen molar-refractivity contribution in [3.8, 4) is 0 Å². The first-order valence-electron chi connectivity index (χ1n) is 8.64. The maximum absolute atomic E-state index is 12.6. The lowest BCUT2D eigenvalue weighted by Crippen LogP contribution is -2.51. The molecule has 0 unspecified atom stereocenters. The van der Waals surface area contributed by atoms with Crippen molar-refractivity contribution in [2.45, 2.75) is 36.2 Å². The highest BCUT2D eigenvalue weighted by Crippen LogP contribution is 2.26. The van der Waals surface area contributed by atoms with Crippen molar-refractivity contribution in [1.29, 1.82) is 0 Å². The maximum atomic E-state index is 12.6. The van der Waals surface area contributed by atoms with Gasteiger partial charge in [0.25, 0.3) is 5.91 Å². The molecule has 2 fully saturated rings. The molecule has 0 spiro atoms. The third-order valence-corrected chi connectivity index (χ3v) is 6.06. The number of rotatable bonds is 4. The Hall–Kier alpha value is -1.48. The Morgan fingerprint density at radius 1 is 1.08 bits per heavy atom. The molecule has 3 N–H and O–H groups in total. The first-order valence-corrected chi connectivity index (χ1v) is 10.2. The molecule has 0 atom stereocenters. The van der Waals surface area contributed by atoms with Crippen molar-refractivity contribution in [3.63, 3.8) is 0 Å². The highest BCUT2D eigenvalue weighted by Gasteiger charge is 2.36. The average Bonchev–Trinajstić information content (AvgIpc) is 3.06. The SMILES string of the molecule is NS(=O)(=O)c1ccc(C(=O)N2CCC(O)(CN3CCCC3)CC2)cc1. The molecule has 0 radical (unpaired) electrons. The second-order valence-corrected chi connectivity index (χ2v) is 8.63. The third-order valence-electron chi connectivity index (χ3n) is 5.13. The van der Waals surface area contributed by atoms with Crippen molar-refractivity contribution in [2.24, 2.45) is 5.14 Å². The van der Waals surface area contributed by atoms with Crippen molar-refractivity contribution in [1.82, 2.24) is 9.80 Å². The molecule has 2 aliphatic heterocycles. The van der Waals surface area contributed by atoms with Gasteiger partial charge >= 0.3 is 0 Å². The van der Waals surface area contributed by atoms with E-state index in [1.807, 2.05) is 0 Å². The second kappa shape index (κ2) is 7.03. The van der Waals surface area contributed by atoms with Crippen LogP contribution in [0.25, 0.3) is 0 Å². The molecule has 0 aliphatic carbocycles. The van der Waals surface area contributed by atoms with Gasteiger partial charge in [-0.05, 0) is 63.0 Å². The highest BCUT2D eigenvalue weighted by atomic mass is 32.2. The minimum Gasteiger partial charge on any atom is -0.388 e. The standard InChI is InChI=1S/C17H25N3O4S/c18-25(23,24)15-5-3-14(4-6-15)16(21)20-11-7-17(22,8-12-20)13-19-9-1-2-10-19/h3-6,22H,1-2,7-13H2,(H2,18,23,24). The van der Waals surface area contributed by atoms with Crippen LogP contribution in [0.15, 0.2) is 29.2 Å². The number of hydrogen-bond acceptors (Lipinski definition) is 5. The number of nitrogens with two attached hydrogens (primary N) is 1. The van der Waals surface area contributed by atoms with Gasteiger partial charge in [-0.3, -0.25) is 4.79 Å². The fraction of sp³-hybridized carbons (Fsp3) is 0.588. The number of likely N-dealkylation sites (tertiary alicyclic amines) is 2. The number of carbonyl (C=O) groups is 1. The molecular weight excluding hydrogens is 342 g/mol. The number of primary sulfonamides is 1. The molecule has 2 saturated heterocycles. The Labute approximate surface area is 148 Å². The minimum atomic E-state index is -3.76. The van der Waals surface area contributed by atoms with E-state index < -0.39 is 15.6 Å². The van der Waals surface area contributed by atoms with Crippen LogP contribution in [0.5, 0.6) is 0 Å². The number of amides is 1. The van der Waals surface area contributed by atoms with E-state index in [2.05, 4.69) is 4.90 Å². The molecule has 0 aromatic heterocycles. The van der Waals surface area contributed by atoms with E-state index in [-0.39, 0.29) is 10.8 Å². The Morgan fingerprint density at radius 3 is 2.16 bits per heavy atom. The van der Waals surface area contributed by atoms with Crippen molar-refractivity contribution < 1.29 is 18.3 Å². The van der Waals surface area contributed by atoms with E-state index >= 15 is 0 Å². The van der Waals surface area contributed by atoms with E-state index in [0.29, 0.717) is 38.0 Å². The van der Waals surface area contributed by atoms with E-state index in [0.717, 1.165) is 13.1 Å². The number of β-amino-alcohol motifs (C(OH)–C–C–N with tert-alkyl or cyclic N) is 1. The number of benzene rings is 1. The smallest absolute Gasteiger partial charge is 0.253 e. The molecular formula is C17H25N3O4S. The van der Waals surface area contributed by atoms with Gasteiger partial charge in [-0.25, -0.2) is 13.6 Å². The summed E-state index contributed by atoms with van der Waals surface area (Å²) >= 11 is 0. The fourth-order valence-electron chi connectivity index (χ4n) is 3.61. The lowest BCUT2D eigenvalue weighted by Gasteiger charge is -2.40. The summed E-state index contributed by atoms with van der Waals surface area (Å²) in [7, 11) is -3.76. The van der Waals surface area contributed by atoms with Crippen LogP contribution in [0, 0.1) is 0 Å². The molecule has 25 heavy (non-hydrogen) atoms. The van der Waals surface area contributed by atoms with Crippen LogP contribution in [-0.2, 0) is 10.0 Å². The zero-order chi connectivity index (χ0) is 18.1. The molecule has 1 amide bonds. The minimum absolute atomic E-state index is 0.0114. The number of aliphatic hydroxyl groups is 1. The summed E-state index contributed by atoms with van der Waals surface area (Å²) in [6.07, 6.45) is 3.50. The topological polar surface area (TPSA) is 104 Å². The molecule has 0 bridgehead atoms. The van der Waals surface area contributed by atoms with Crippen LogP contribution < -0.4 is 5.14 Å². The van der Waals surface area contributed by atoms with Crippen molar-refractivity contribution in [3.05, 3.63) is 29.8 Å². The zero-order valence-corrected chi connectivity index (χ0v) is 15.0. The first kappa shape index (κ1) is 18.3. The normalized spacial score (nSPS) is 21.4. The van der Waals surface area contributed by atoms with Gasteiger partial charge in [0, 0.05) is 25.2 Å². The number of nitrogens with zero attached hydrogens (tertiary/aromatic N) is 2. The van der Waals surface area contributed by atoms with Gasteiger partial charge in [0.15, 0.2) is 0 Å². The lowest BCUT2D eigenvalue weighted by atomic mass is 9.90. The van der Waals surface area contributed by atoms with E-state index in [9.17, 15) is 18.3 Å². The van der Waals surface area contributed by atoms with Gasteiger partial charge in [0.2, 0.25) is 10.0 Å². The quantitative estimate of drug-likeness (QED) is 0.801. The monoisotopic (exact) mass is 367 g/mol.